The molecule has 1 fully saturated rings. The van der Waals surface area contributed by atoms with E-state index in [0.29, 0.717) is 31.0 Å². The highest BCUT2D eigenvalue weighted by Gasteiger charge is 2.30. The number of amides is 1. The molecular formula is C22H25N5O2. The lowest BCUT2D eigenvalue weighted by atomic mass is 9.89. The fraction of sp³-hybridized carbons (Fsp3) is 0.364. The van der Waals surface area contributed by atoms with Crippen molar-refractivity contribution in [2.24, 2.45) is 5.92 Å². The Morgan fingerprint density at radius 2 is 1.86 bits per heavy atom. The van der Waals surface area contributed by atoms with Crippen molar-refractivity contribution in [2.45, 2.75) is 31.9 Å². The van der Waals surface area contributed by atoms with Crippen LogP contribution in [-0.4, -0.2) is 49.0 Å². The Bertz CT molecular complexity index is 921. The van der Waals surface area contributed by atoms with Crippen LogP contribution in [0.5, 0.6) is 0 Å². The van der Waals surface area contributed by atoms with Gasteiger partial charge in [0.15, 0.2) is 5.69 Å². The van der Waals surface area contributed by atoms with Gasteiger partial charge < -0.3 is 10.0 Å². The number of aryl methyl sites for hydroxylation is 2. The Morgan fingerprint density at radius 1 is 1.10 bits per heavy atom. The van der Waals surface area contributed by atoms with Gasteiger partial charge in [0.2, 0.25) is 0 Å². The van der Waals surface area contributed by atoms with E-state index in [-0.39, 0.29) is 11.8 Å². The number of aliphatic hydroxyl groups is 1. The highest BCUT2D eigenvalue weighted by Crippen LogP contribution is 2.30. The van der Waals surface area contributed by atoms with Gasteiger partial charge in [-0.3, -0.25) is 14.5 Å². The maximum Gasteiger partial charge on any atom is 0.276 e. The number of likely N-dealkylation sites (tertiary alicyclic amines) is 1. The van der Waals surface area contributed by atoms with Gasteiger partial charge in [-0.15, -0.1) is 5.10 Å². The van der Waals surface area contributed by atoms with E-state index >= 15 is 0 Å². The van der Waals surface area contributed by atoms with E-state index in [0.717, 1.165) is 19.3 Å². The van der Waals surface area contributed by atoms with E-state index in [1.54, 1.807) is 22.0 Å². The average Bonchev–Trinajstić information content (AvgIpc) is 3.27. The first-order valence-corrected chi connectivity index (χ1v) is 10.0. The number of pyridine rings is 1. The van der Waals surface area contributed by atoms with Crippen molar-refractivity contribution < 1.29 is 9.90 Å². The molecule has 1 unspecified atom stereocenters. The molecule has 1 aromatic carbocycles. The third-order valence-corrected chi connectivity index (χ3v) is 5.49. The Kier molecular flexibility index (Phi) is 5.95. The zero-order valence-corrected chi connectivity index (χ0v) is 16.3. The highest BCUT2D eigenvalue weighted by atomic mass is 16.3. The predicted octanol–water partition coefficient (Wildman–Crippen LogP) is 2.50. The van der Waals surface area contributed by atoms with E-state index in [9.17, 15) is 9.90 Å². The smallest absolute Gasteiger partial charge is 0.276 e. The van der Waals surface area contributed by atoms with Crippen molar-refractivity contribution in [1.29, 1.82) is 0 Å². The summed E-state index contributed by atoms with van der Waals surface area (Å²) in [6.45, 7) is 1.89. The number of benzene rings is 1. The molecule has 7 heteroatoms. The van der Waals surface area contributed by atoms with Gasteiger partial charge in [-0.05, 0) is 42.9 Å². The standard InChI is InChI=1S/C22H25N5O2/c28-21(19-8-4-5-12-23-19)18-10-13-26(14-11-18)22(29)20-16-27(25-24-20)15-9-17-6-2-1-3-7-17/h1-8,12,16,18,21,28H,9-11,13-15H2. The number of piperidine rings is 1. The van der Waals surface area contributed by atoms with Crippen LogP contribution in [0.3, 0.4) is 0 Å². The normalized spacial score (nSPS) is 16.0. The number of aliphatic hydroxyl groups excluding tert-OH is 1. The molecule has 150 valence electrons. The summed E-state index contributed by atoms with van der Waals surface area (Å²) >= 11 is 0. The molecule has 4 rings (SSSR count). The van der Waals surface area contributed by atoms with E-state index in [1.165, 1.54) is 5.56 Å². The molecule has 0 saturated carbocycles. The van der Waals surface area contributed by atoms with Crippen LogP contribution < -0.4 is 0 Å². The van der Waals surface area contributed by atoms with Gasteiger partial charge in [-0.2, -0.15) is 0 Å². The molecule has 0 radical (unpaired) electrons. The lowest BCUT2D eigenvalue weighted by molar-refractivity contribution is 0.0444. The van der Waals surface area contributed by atoms with Crippen LogP contribution in [0, 0.1) is 5.92 Å². The summed E-state index contributed by atoms with van der Waals surface area (Å²) < 4.78 is 1.72. The second-order valence-electron chi connectivity index (χ2n) is 7.43. The van der Waals surface area contributed by atoms with Crippen molar-refractivity contribution in [3.63, 3.8) is 0 Å². The van der Waals surface area contributed by atoms with Crippen LogP contribution in [0.1, 0.15) is 40.7 Å². The molecule has 29 heavy (non-hydrogen) atoms. The summed E-state index contributed by atoms with van der Waals surface area (Å²) in [6, 6.07) is 15.7. The summed E-state index contributed by atoms with van der Waals surface area (Å²) in [7, 11) is 0. The average molecular weight is 391 g/mol. The van der Waals surface area contributed by atoms with E-state index in [2.05, 4.69) is 27.4 Å². The molecule has 7 nitrogen and oxygen atoms in total. The first-order valence-electron chi connectivity index (χ1n) is 10.0. The Balaban J connectivity index is 1.30. The van der Waals surface area contributed by atoms with Crippen LogP contribution in [-0.2, 0) is 13.0 Å². The molecule has 0 bridgehead atoms. The minimum atomic E-state index is -0.590. The number of nitrogens with zero attached hydrogens (tertiary/aromatic N) is 5. The number of hydrogen-bond donors (Lipinski definition) is 1. The molecule has 0 aliphatic carbocycles. The monoisotopic (exact) mass is 391 g/mol. The number of aromatic nitrogens is 4. The maximum absolute atomic E-state index is 12.8. The quantitative estimate of drug-likeness (QED) is 0.698. The van der Waals surface area contributed by atoms with Crippen molar-refractivity contribution in [2.75, 3.05) is 13.1 Å². The minimum absolute atomic E-state index is 0.0956. The van der Waals surface area contributed by atoms with Gasteiger partial charge in [0.1, 0.15) is 0 Å². The molecule has 1 saturated heterocycles. The Morgan fingerprint density at radius 3 is 2.59 bits per heavy atom. The van der Waals surface area contributed by atoms with Gasteiger partial charge >= 0.3 is 0 Å². The molecule has 1 aliphatic rings. The second-order valence-corrected chi connectivity index (χ2v) is 7.43. The van der Waals surface area contributed by atoms with Crippen LogP contribution in [0.4, 0.5) is 0 Å². The highest BCUT2D eigenvalue weighted by molar-refractivity contribution is 5.91. The molecule has 1 N–H and O–H groups in total. The molecule has 1 amide bonds. The zero-order valence-electron chi connectivity index (χ0n) is 16.3. The topological polar surface area (TPSA) is 84.1 Å². The van der Waals surface area contributed by atoms with Gasteiger partial charge in [0, 0.05) is 25.8 Å². The Labute approximate surface area is 170 Å². The van der Waals surface area contributed by atoms with Crippen molar-refractivity contribution in [3.8, 4) is 0 Å². The first kappa shape index (κ1) is 19.3. The summed E-state index contributed by atoms with van der Waals surface area (Å²) in [5.41, 5.74) is 2.30. The summed E-state index contributed by atoms with van der Waals surface area (Å²) in [6.07, 6.45) is 5.15. The lowest BCUT2D eigenvalue weighted by Gasteiger charge is -2.33. The van der Waals surface area contributed by atoms with Crippen LogP contribution in [0.15, 0.2) is 60.9 Å². The molecule has 3 heterocycles. The van der Waals surface area contributed by atoms with Crippen LogP contribution in [0.25, 0.3) is 0 Å². The van der Waals surface area contributed by atoms with E-state index < -0.39 is 6.10 Å². The maximum atomic E-state index is 12.8. The van der Waals surface area contributed by atoms with Crippen molar-refractivity contribution >= 4 is 5.91 Å². The third kappa shape index (κ3) is 4.68. The predicted molar refractivity (Wildman–Crippen MR) is 108 cm³/mol. The van der Waals surface area contributed by atoms with Gasteiger partial charge in [-0.25, -0.2) is 0 Å². The molecule has 1 aliphatic heterocycles. The van der Waals surface area contributed by atoms with Gasteiger partial charge in [-0.1, -0.05) is 41.6 Å². The fourth-order valence-electron chi connectivity index (χ4n) is 3.77. The first-order chi connectivity index (χ1) is 14.2. The SMILES string of the molecule is O=C(c1cn(CCc2ccccc2)nn1)N1CCC(C(O)c2ccccn2)CC1. The zero-order chi connectivity index (χ0) is 20.1. The molecule has 1 atom stereocenters. The summed E-state index contributed by atoms with van der Waals surface area (Å²) in [5, 5.41) is 18.7. The minimum Gasteiger partial charge on any atom is -0.387 e. The lowest BCUT2D eigenvalue weighted by Crippen LogP contribution is -2.40. The van der Waals surface area contributed by atoms with Crippen LogP contribution in [0.2, 0.25) is 0 Å². The van der Waals surface area contributed by atoms with Crippen LogP contribution >= 0.6 is 0 Å². The van der Waals surface area contributed by atoms with Crippen molar-refractivity contribution in [3.05, 3.63) is 77.9 Å². The Hall–Kier alpha value is -3.06. The number of rotatable bonds is 6. The van der Waals surface area contributed by atoms with E-state index in [1.807, 2.05) is 36.4 Å². The summed E-state index contributed by atoms with van der Waals surface area (Å²) in [5.74, 6) is 0.0113. The van der Waals surface area contributed by atoms with Gasteiger partial charge in [0.05, 0.1) is 18.0 Å². The van der Waals surface area contributed by atoms with Crippen molar-refractivity contribution in [1.82, 2.24) is 24.9 Å². The molecular weight excluding hydrogens is 366 g/mol. The summed E-state index contributed by atoms with van der Waals surface area (Å²) in [4.78, 5) is 18.8. The fourth-order valence-corrected chi connectivity index (χ4v) is 3.77. The third-order valence-electron chi connectivity index (χ3n) is 5.49. The number of carbonyl (C=O) groups is 1. The molecule has 3 aromatic rings. The van der Waals surface area contributed by atoms with Gasteiger partial charge in [0.25, 0.3) is 5.91 Å². The number of hydrogen-bond acceptors (Lipinski definition) is 5. The molecule has 0 spiro atoms. The molecule has 2 aromatic heterocycles. The largest absolute Gasteiger partial charge is 0.387 e. The second kappa shape index (κ2) is 8.96. The van der Waals surface area contributed by atoms with E-state index in [4.69, 9.17) is 0 Å². The number of carbonyl (C=O) groups excluding carboxylic acids is 1.